The molecule has 0 radical (unpaired) electrons. The van der Waals surface area contributed by atoms with E-state index in [0.29, 0.717) is 29.1 Å². The molecule has 0 bridgehead atoms. The van der Waals surface area contributed by atoms with Gasteiger partial charge in [0.2, 0.25) is 0 Å². The number of benzene rings is 1. The van der Waals surface area contributed by atoms with Crippen LogP contribution < -0.4 is 5.56 Å². The van der Waals surface area contributed by atoms with E-state index < -0.39 is 11.6 Å². The van der Waals surface area contributed by atoms with Crippen LogP contribution in [0.15, 0.2) is 40.3 Å². The van der Waals surface area contributed by atoms with Crippen LogP contribution in [0.5, 0.6) is 0 Å². The lowest BCUT2D eigenvalue weighted by molar-refractivity contribution is -0.172. The molecule has 8 nitrogen and oxygen atoms in total. The van der Waals surface area contributed by atoms with Gasteiger partial charge in [-0.1, -0.05) is 18.1 Å². The van der Waals surface area contributed by atoms with Gasteiger partial charge in [-0.2, -0.15) is 0 Å². The third-order valence-electron chi connectivity index (χ3n) is 6.06. The van der Waals surface area contributed by atoms with Gasteiger partial charge in [-0.3, -0.25) is 4.79 Å². The van der Waals surface area contributed by atoms with Crippen molar-refractivity contribution in [2.45, 2.75) is 58.5 Å². The molecule has 2 aromatic heterocycles. The van der Waals surface area contributed by atoms with Crippen molar-refractivity contribution in [3.05, 3.63) is 62.9 Å². The molecule has 0 aliphatic carbocycles. The van der Waals surface area contributed by atoms with Crippen molar-refractivity contribution in [3.8, 4) is 11.4 Å². The van der Waals surface area contributed by atoms with Crippen LogP contribution in [0.1, 0.15) is 56.4 Å². The first-order valence-corrected chi connectivity index (χ1v) is 10.9. The Bertz CT molecular complexity index is 1400. The lowest BCUT2D eigenvalue weighted by Crippen LogP contribution is -2.44. The maximum absolute atomic E-state index is 13.2. The van der Waals surface area contributed by atoms with Gasteiger partial charge in [0.25, 0.3) is 5.56 Å². The van der Waals surface area contributed by atoms with Crippen molar-refractivity contribution in [1.29, 1.82) is 0 Å². The summed E-state index contributed by atoms with van der Waals surface area (Å²) in [6.45, 7) is 7.70. The highest BCUT2D eigenvalue weighted by atomic mass is 16.6. The summed E-state index contributed by atoms with van der Waals surface area (Å²) in [5.41, 5.74) is 1.99. The summed E-state index contributed by atoms with van der Waals surface area (Å²) >= 11 is 0. The van der Waals surface area contributed by atoms with Crippen LogP contribution in [0.4, 0.5) is 0 Å². The first-order valence-electron chi connectivity index (χ1n) is 10.9. The molecule has 0 fully saturated rings. The summed E-state index contributed by atoms with van der Waals surface area (Å²) in [5, 5.41) is 15.9. The number of cyclic esters (lactones) is 1. The van der Waals surface area contributed by atoms with Crippen LogP contribution in [0.2, 0.25) is 0 Å². The number of rotatable bonds is 3. The van der Waals surface area contributed by atoms with E-state index >= 15 is 0 Å². The Morgan fingerprint density at radius 1 is 1.27 bits per heavy atom. The van der Waals surface area contributed by atoms with Crippen LogP contribution in [0.25, 0.3) is 22.3 Å². The molecule has 0 amide bonds. The van der Waals surface area contributed by atoms with E-state index in [4.69, 9.17) is 14.6 Å². The zero-order valence-corrected chi connectivity index (χ0v) is 19.0. The largest absolute Gasteiger partial charge is 0.458 e. The molecular formula is C25H25N3O5. The zero-order valence-electron chi connectivity index (χ0n) is 19.0. The number of oxime groups is 1. The quantitative estimate of drug-likeness (QED) is 0.294. The molecule has 3 aromatic rings. The minimum atomic E-state index is -1.83. The minimum absolute atomic E-state index is 0.114. The van der Waals surface area contributed by atoms with Gasteiger partial charge < -0.3 is 19.2 Å². The first kappa shape index (κ1) is 21.3. The van der Waals surface area contributed by atoms with Gasteiger partial charge in [-0.05, 0) is 57.0 Å². The van der Waals surface area contributed by atoms with E-state index in [1.165, 1.54) is 0 Å². The molecule has 1 aromatic carbocycles. The van der Waals surface area contributed by atoms with Gasteiger partial charge >= 0.3 is 5.97 Å². The van der Waals surface area contributed by atoms with Crippen LogP contribution in [0, 0.1) is 0 Å². The monoisotopic (exact) mass is 447 g/mol. The third kappa shape index (κ3) is 3.41. The number of aliphatic hydroxyl groups is 1. The number of aromatic nitrogens is 2. The molecule has 4 heterocycles. The van der Waals surface area contributed by atoms with Crippen LogP contribution in [-0.2, 0) is 33.1 Å². The molecule has 2 aliphatic heterocycles. The summed E-state index contributed by atoms with van der Waals surface area (Å²) in [7, 11) is 0. The summed E-state index contributed by atoms with van der Waals surface area (Å²) in [5.74, 6) is -0.726. The highest BCUT2D eigenvalue weighted by molar-refractivity contribution is 5.91. The average molecular weight is 447 g/mol. The van der Waals surface area contributed by atoms with Crippen molar-refractivity contribution in [3.63, 3.8) is 0 Å². The Morgan fingerprint density at radius 2 is 2.06 bits per heavy atom. The fourth-order valence-electron chi connectivity index (χ4n) is 4.33. The Labute approximate surface area is 190 Å². The average Bonchev–Trinajstić information content (AvgIpc) is 3.12. The summed E-state index contributed by atoms with van der Waals surface area (Å²) in [6, 6.07) is 9.50. The molecule has 0 unspecified atom stereocenters. The predicted molar refractivity (Wildman–Crippen MR) is 123 cm³/mol. The van der Waals surface area contributed by atoms with Gasteiger partial charge in [0.05, 0.1) is 35.2 Å². The van der Waals surface area contributed by atoms with Crippen LogP contribution in [-0.4, -0.2) is 32.4 Å². The summed E-state index contributed by atoms with van der Waals surface area (Å²) in [4.78, 5) is 35.7. The van der Waals surface area contributed by atoms with E-state index in [2.05, 4.69) is 5.16 Å². The van der Waals surface area contributed by atoms with Gasteiger partial charge in [-0.15, -0.1) is 0 Å². The van der Waals surface area contributed by atoms with Crippen molar-refractivity contribution in [2.24, 2.45) is 5.16 Å². The molecule has 0 saturated heterocycles. The second kappa shape index (κ2) is 7.25. The lowest BCUT2D eigenvalue weighted by Gasteiger charge is -2.31. The van der Waals surface area contributed by atoms with E-state index in [1.807, 2.05) is 45.0 Å². The second-order valence-corrected chi connectivity index (χ2v) is 9.49. The summed E-state index contributed by atoms with van der Waals surface area (Å²) < 4.78 is 6.75. The second-order valence-electron chi connectivity index (χ2n) is 9.49. The molecule has 1 atom stereocenters. The normalized spacial score (nSPS) is 19.4. The standard InChI is InChI=1S/C25H25N3O5/c1-5-25(31)18-10-20-21-16(12-28(20)22(29)17(18)13-32-23(25)30)9-15-8-14(6-7-19(15)27-21)11-26-33-24(2,3)4/h6-11,31H,5,12-13H2,1-4H3/b26-11+/t25-/m0/s1. The lowest BCUT2D eigenvalue weighted by atomic mass is 9.86. The molecule has 8 heteroatoms. The number of carbonyl (C=O) groups excluding carboxylic acids is 1. The number of fused-ring (bicyclic) bond motifs is 5. The SMILES string of the molecule is CC[C@@]1(O)C(=O)OCc2c1cc1n(c2=O)Cc2cc3cc(/C=N/OC(C)(C)C)ccc3nc2-1. The van der Waals surface area contributed by atoms with Gasteiger partial charge in [0, 0.05) is 16.5 Å². The first-order chi connectivity index (χ1) is 15.6. The number of hydrogen-bond donors (Lipinski definition) is 1. The Kier molecular flexibility index (Phi) is 4.68. The topological polar surface area (TPSA) is 103 Å². The number of carbonyl (C=O) groups is 1. The highest BCUT2D eigenvalue weighted by Gasteiger charge is 2.45. The number of hydrogen-bond acceptors (Lipinski definition) is 7. The number of ether oxygens (including phenoxy) is 1. The Balaban J connectivity index is 1.59. The van der Waals surface area contributed by atoms with E-state index in [1.54, 1.807) is 23.8 Å². The molecule has 0 saturated carbocycles. The van der Waals surface area contributed by atoms with Gasteiger partial charge in [-0.25, -0.2) is 9.78 Å². The highest BCUT2D eigenvalue weighted by Crippen LogP contribution is 2.38. The fourth-order valence-corrected chi connectivity index (χ4v) is 4.33. The minimum Gasteiger partial charge on any atom is -0.458 e. The Morgan fingerprint density at radius 3 is 2.79 bits per heavy atom. The van der Waals surface area contributed by atoms with E-state index in [9.17, 15) is 14.7 Å². The predicted octanol–water partition coefficient (Wildman–Crippen LogP) is 3.23. The Hall–Kier alpha value is -3.52. The molecule has 2 aliphatic rings. The van der Waals surface area contributed by atoms with Crippen LogP contribution in [0.3, 0.4) is 0 Å². The molecular weight excluding hydrogens is 422 g/mol. The van der Waals surface area contributed by atoms with Crippen molar-refractivity contribution in [1.82, 2.24) is 9.55 Å². The maximum atomic E-state index is 13.2. The zero-order chi connectivity index (χ0) is 23.5. The number of esters is 1. The van der Waals surface area contributed by atoms with Gasteiger partial charge in [0.1, 0.15) is 12.2 Å². The summed E-state index contributed by atoms with van der Waals surface area (Å²) in [6.07, 6.45) is 1.77. The fraction of sp³-hybridized carbons (Fsp3) is 0.360. The van der Waals surface area contributed by atoms with Crippen molar-refractivity contribution >= 4 is 23.1 Å². The van der Waals surface area contributed by atoms with E-state index in [0.717, 1.165) is 22.0 Å². The van der Waals surface area contributed by atoms with E-state index in [-0.39, 0.29) is 24.2 Å². The molecule has 5 rings (SSSR count). The van der Waals surface area contributed by atoms with Crippen LogP contribution >= 0.6 is 0 Å². The maximum Gasteiger partial charge on any atom is 0.343 e. The third-order valence-corrected chi connectivity index (χ3v) is 6.06. The molecule has 170 valence electrons. The molecule has 33 heavy (non-hydrogen) atoms. The number of nitrogens with zero attached hydrogens (tertiary/aromatic N) is 3. The van der Waals surface area contributed by atoms with Crippen molar-refractivity contribution < 1.29 is 19.5 Å². The van der Waals surface area contributed by atoms with Crippen molar-refractivity contribution in [2.75, 3.05) is 0 Å². The smallest absolute Gasteiger partial charge is 0.343 e. The molecule has 1 N–H and O–H groups in total. The number of pyridine rings is 2. The van der Waals surface area contributed by atoms with Gasteiger partial charge in [0.15, 0.2) is 5.60 Å². The molecule has 0 spiro atoms.